The van der Waals surface area contributed by atoms with Crippen LogP contribution in [-0.4, -0.2) is 69.6 Å². The molecule has 0 saturated carbocycles. The number of ether oxygens (including phenoxy) is 2. The molecule has 7 heteroatoms. The van der Waals surface area contributed by atoms with Crippen molar-refractivity contribution >= 4 is 5.78 Å². The molecule has 7 atom stereocenters. The molecule has 0 spiro atoms. The van der Waals surface area contributed by atoms with Crippen LogP contribution in [-0.2, 0) is 14.3 Å². The molecule has 132 valence electrons. The zero-order valence-corrected chi connectivity index (χ0v) is 13.6. The summed E-state index contributed by atoms with van der Waals surface area (Å²) >= 11 is 0. The topological polar surface area (TPSA) is 116 Å². The molecule has 0 aromatic heterocycles. The Labute approximate surface area is 135 Å². The summed E-state index contributed by atoms with van der Waals surface area (Å²) in [6.45, 7) is 5.17. The Hall–Kier alpha value is -0.830. The largest absolute Gasteiger partial charge is 0.394 e. The van der Waals surface area contributed by atoms with Crippen molar-refractivity contribution in [3.8, 4) is 0 Å². The zero-order chi connectivity index (χ0) is 17.3. The Balaban J connectivity index is 2.16. The van der Waals surface area contributed by atoms with Gasteiger partial charge in [0, 0.05) is 6.42 Å². The van der Waals surface area contributed by atoms with E-state index in [1.54, 1.807) is 13.0 Å². The fraction of sp³-hybridized carbons (Fsp3) is 0.812. The first-order valence-corrected chi connectivity index (χ1v) is 7.93. The third-order valence-corrected chi connectivity index (χ3v) is 4.69. The number of carbonyl (C=O) groups excluding carboxylic acids is 1. The number of rotatable bonds is 4. The third kappa shape index (κ3) is 3.81. The van der Waals surface area contributed by atoms with Crippen LogP contribution < -0.4 is 0 Å². The predicted molar refractivity (Wildman–Crippen MR) is 80.3 cm³/mol. The van der Waals surface area contributed by atoms with Crippen molar-refractivity contribution < 1.29 is 34.7 Å². The molecular weight excluding hydrogens is 304 g/mol. The highest BCUT2D eigenvalue weighted by molar-refractivity contribution is 5.95. The van der Waals surface area contributed by atoms with Gasteiger partial charge in [0.1, 0.15) is 24.4 Å². The van der Waals surface area contributed by atoms with Gasteiger partial charge in [0.2, 0.25) is 0 Å². The smallest absolute Gasteiger partial charge is 0.187 e. The fourth-order valence-electron chi connectivity index (χ4n) is 3.04. The molecule has 4 N–H and O–H groups in total. The lowest BCUT2D eigenvalue weighted by molar-refractivity contribution is -0.311. The van der Waals surface area contributed by atoms with Crippen LogP contribution in [0.2, 0.25) is 0 Å². The van der Waals surface area contributed by atoms with E-state index in [9.17, 15) is 25.2 Å². The van der Waals surface area contributed by atoms with Gasteiger partial charge in [-0.05, 0) is 30.4 Å². The molecule has 0 unspecified atom stereocenters. The number of hydrogen-bond acceptors (Lipinski definition) is 7. The molecule has 2 aliphatic rings. The second kappa shape index (κ2) is 7.38. The molecule has 1 aliphatic carbocycles. The molecule has 0 bridgehead atoms. The average Bonchev–Trinajstić information content (AvgIpc) is 2.50. The fourth-order valence-corrected chi connectivity index (χ4v) is 3.04. The van der Waals surface area contributed by atoms with Crippen molar-refractivity contribution in [3.63, 3.8) is 0 Å². The highest BCUT2D eigenvalue weighted by Crippen LogP contribution is 2.32. The molecule has 1 heterocycles. The first-order valence-electron chi connectivity index (χ1n) is 7.93. The van der Waals surface area contributed by atoms with Crippen LogP contribution >= 0.6 is 0 Å². The van der Waals surface area contributed by atoms with Crippen LogP contribution in [0.5, 0.6) is 0 Å². The second-order valence-electron chi connectivity index (χ2n) is 6.68. The molecule has 1 aliphatic heterocycles. The monoisotopic (exact) mass is 330 g/mol. The minimum atomic E-state index is -1.47. The van der Waals surface area contributed by atoms with Crippen molar-refractivity contribution in [2.75, 3.05) is 6.61 Å². The van der Waals surface area contributed by atoms with Crippen molar-refractivity contribution in [2.24, 2.45) is 11.8 Å². The summed E-state index contributed by atoms with van der Waals surface area (Å²) in [4.78, 5) is 11.9. The van der Waals surface area contributed by atoms with E-state index < -0.39 is 43.4 Å². The van der Waals surface area contributed by atoms with Gasteiger partial charge in [-0.3, -0.25) is 4.79 Å². The number of aliphatic hydroxyl groups excluding tert-OH is 4. The summed E-state index contributed by atoms with van der Waals surface area (Å²) in [5.74, 6) is 0.175. The van der Waals surface area contributed by atoms with E-state index in [4.69, 9.17) is 9.47 Å². The highest BCUT2D eigenvalue weighted by atomic mass is 16.7. The van der Waals surface area contributed by atoms with E-state index in [2.05, 4.69) is 0 Å². The molecule has 0 aromatic carbocycles. The first-order chi connectivity index (χ1) is 10.8. The summed E-state index contributed by atoms with van der Waals surface area (Å²) in [6, 6.07) is 0. The average molecular weight is 330 g/mol. The first kappa shape index (κ1) is 18.5. The van der Waals surface area contributed by atoms with Gasteiger partial charge < -0.3 is 29.9 Å². The lowest BCUT2D eigenvalue weighted by Gasteiger charge is -2.42. The van der Waals surface area contributed by atoms with Gasteiger partial charge in [-0.25, -0.2) is 0 Å². The van der Waals surface area contributed by atoms with Crippen molar-refractivity contribution in [1.82, 2.24) is 0 Å². The maximum absolute atomic E-state index is 11.9. The number of carbonyl (C=O) groups is 1. The SMILES string of the molecule is CC1=C[C@H](O[C@@H]2O[C@H](CO)[C@@H](O)[C@H](O)[C@H]2O)[C@@H](C(C)C)CC1=O. The molecular formula is C16H26O7. The van der Waals surface area contributed by atoms with Gasteiger partial charge in [0.05, 0.1) is 12.7 Å². The number of aliphatic hydroxyl groups is 4. The number of Topliss-reactive ketones (excluding diaryl/α,β-unsaturated/α-hetero) is 1. The number of allylic oxidation sites excluding steroid dienone is 1. The summed E-state index contributed by atoms with van der Waals surface area (Å²) < 4.78 is 11.2. The van der Waals surface area contributed by atoms with Crippen LogP contribution in [0.25, 0.3) is 0 Å². The van der Waals surface area contributed by atoms with E-state index in [0.717, 1.165) is 0 Å². The molecule has 23 heavy (non-hydrogen) atoms. The third-order valence-electron chi connectivity index (χ3n) is 4.69. The van der Waals surface area contributed by atoms with Crippen LogP contribution in [0, 0.1) is 11.8 Å². The normalized spacial score (nSPS) is 42.0. The molecule has 2 rings (SSSR count). The maximum Gasteiger partial charge on any atom is 0.187 e. The van der Waals surface area contributed by atoms with Crippen molar-refractivity contribution in [1.29, 1.82) is 0 Å². The van der Waals surface area contributed by atoms with Gasteiger partial charge in [0.15, 0.2) is 12.1 Å². The molecule has 1 fully saturated rings. The van der Waals surface area contributed by atoms with Crippen LogP contribution in [0.1, 0.15) is 27.2 Å². The predicted octanol–water partition coefficient (Wildman–Crippen LogP) is -0.637. The molecule has 1 saturated heterocycles. The summed E-state index contributed by atoms with van der Waals surface area (Å²) in [5, 5.41) is 38.9. The summed E-state index contributed by atoms with van der Waals surface area (Å²) in [7, 11) is 0. The van der Waals surface area contributed by atoms with E-state index in [0.29, 0.717) is 12.0 Å². The minimum absolute atomic E-state index is 0.0670. The quantitative estimate of drug-likeness (QED) is 0.542. The highest BCUT2D eigenvalue weighted by Gasteiger charge is 2.45. The lowest BCUT2D eigenvalue weighted by Crippen LogP contribution is -2.60. The Morgan fingerprint density at radius 3 is 2.48 bits per heavy atom. The van der Waals surface area contributed by atoms with Gasteiger partial charge in [-0.15, -0.1) is 0 Å². The maximum atomic E-state index is 11.9. The van der Waals surface area contributed by atoms with Gasteiger partial charge in [-0.2, -0.15) is 0 Å². The lowest BCUT2D eigenvalue weighted by atomic mass is 9.80. The molecule has 0 amide bonds. The van der Waals surface area contributed by atoms with Gasteiger partial charge in [0.25, 0.3) is 0 Å². The Bertz CT molecular complexity index is 459. The molecule has 0 aromatic rings. The van der Waals surface area contributed by atoms with Gasteiger partial charge in [-0.1, -0.05) is 13.8 Å². The van der Waals surface area contributed by atoms with E-state index in [-0.39, 0.29) is 17.6 Å². The van der Waals surface area contributed by atoms with E-state index in [1.807, 2.05) is 13.8 Å². The van der Waals surface area contributed by atoms with Crippen LogP contribution in [0.15, 0.2) is 11.6 Å². The van der Waals surface area contributed by atoms with Crippen molar-refractivity contribution in [3.05, 3.63) is 11.6 Å². The zero-order valence-electron chi connectivity index (χ0n) is 13.6. The summed E-state index contributed by atoms with van der Waals surface area (Å²) in [5.41, 5.74) is 0.594. The standard InChI is InChI=1S/C16H26O7/c1-7(2)9-5-10(18)8(3)4-11(9)22-16-15(21)14(20)13(19)12(6-17)23-16/h4,7,9,11-17,19-21H,5-6H2,1-3H3/t9-,11+,12-,13-,14+,15-,16-/m1/s1. The Kier molecular flexibility index (Phi) is 5.94. The van der Waals surface area contributed by atoms with Crippen LogP contribution in [0.4, 0.5) is 0 Å². The number of ketones is 1. The molecule has 0 radical (unpaired) electrons. The van der Waals surface area contributed by atoms with Gasteiger partial charge >= 0.3 is 0 Å². The minimum Gasteiger partial charge on any atom is -0.394 e. The second-order valence-corrected chi connectivity index (χ2v) is 6.68. The van der Waals surface area contributed by atoms with E-state index >= 15 is 0 Å². The molecule has 7 nitrogen and oxygen atoms in total. The Morgan fingerprint density at radius 1 is 1.26 bits per heavy atom. The number of hydrogen-bond donors (Lipinski definition) is 4. The Morgan fingerprint density at radius 2 is 1.91 bits per heavy atom. The van der Waals surface area contributed by atoms with Crippen LogP contribution in [0.3, 0.4) is 0 Å². The summed E-state index contributed by atoms with van der Waals surface area (Å²) in [6.07, 6.45) is -4.92. The van der Waals surface area contributed by atoms with E-state index in [1.165, 1.54) is 0 Å². The van der Waals surface area contributed by atoms with Crippen molar-refractivity contribution in [2.45, 2.75) is 64.0 Å².